The van der Waals surface area contributed by atoms with Gasteiger partial charge in [-0.3, -0.25) is 0 Å². The van der Waals surface area contributed by atoms with E-state index in [1.54, 1.807) is 0 Å². The maximum atomic E-state index is 9.05. The lowest BCUT2D eigenvalue weighted by Gasteiger charge is -2.25. The number of hydrogen-bond acceptors (Lipinski definition) is 3. The van der Waals surface area contributed by atoms with E-state index in [2.05, 4.69) is 24.8 Å². The third-order valence-corrected chi connectivity index (χ3v) is 4.38. The van der Waals surface area contributed by atoms with Crippen molar-refractivity contribution < 1.29 is 0 Å². The smallest absolute Gasteiger partial charge is 0.104 e. The summed E-state index contributed by atoms with van der Waals surface area (Å²) >= 11 is 0. The zero-order valence-corrected chi connectivity index (χ0v) is 12.3. The summed E-state index contributed by atoms with van der Waals surface area (Å²) < 4.78 is 0. The van der Waals surface area contributed by atoms with Crippen molar-refractivity contribution in [2.24, 2.45) is 11.1 Å². The van der Waals surface area contributed by atoms with Gasteiger partial charge in [0.1, 0.15) is 5.54 Å². The lowest BCUT2D eigenvalue weighted by atomic mass is 9.85. The molecule has 1 aliphatic heterocycles. The normalized spacial score (nSPS) is 23.9. The van der Waals surface area contributed by atoms with E-state index >= 15 is 0 Å². The Hall–Kier alpha value is -0.590. The van der Waals surface area contributed by atoms with Crippen LogP contribution in [0.1, 0.15) is 59.3 Å². The summed E-state index contributed by atoms with van der Waals surface area (Å²) in [7, 11) is 0. The summed E-state index contributed by atoms with van der Waals surface area (Å²) in [6.45, 7) is 10.2. The molecule has 3 nitrogen and oxygen atoms in total. The molecule has 1 fully saturated rings. The van der Waals surface area contributed by atoms with Crippen molar-refractivity contribution in [1.29, 1.82) is 5.26 Å². The van der Waals surface area contributed by atoms with Crippen molar-refractivity contribution in [2.45, 2.75) is 64.8 Å². The van der Waals surface area contributed by atoms with Gasteiger partial charge in [-0.2, -0.15) is 5.26 Å². The maximum absolute atomic E-state index is 9.05. The molecule has 1 saturated heterocycles. The van der Waals surface area contributed by atoms with Gasteiger partial charge in [-0.15, -0.1) is 0 Å². The van der Waals surface area contributed by atoms with E-state index in [-0.39, 0.29) is 0 Å². The summed E-state index contributed by atoms with van der Waals surface area (Å²) in [4.78, 5) is 2.54. The highest BCUT2D eigenvalue weighted by molar-refractivity contribution is 5.03. The highest BCUT2D eigenvalue weighted by atomic mass is 15.1. The van der Waals surface area contributed by atoms with Crippen molar-refractivity contribution in [3.63, 3.8) is 0 Å². The Balaban J connectivity index is 2.30. The van der Waals surface area contributed by atoms with Gasteiger partial charge >= 0.3 is 0 Å². The summed E-state index contributed by atoms with van der Waals surface area (Å²) in [6.07, 6.45) is 6.52. The molecular weight excluding hydrogens is 222 g/mol. The zero-order valence-electron chi connectivity index (χ0n) is 12.3. The highest BCUT2D eigenvalue weighted by Crippen LogP contribution is 2.29. The standard InChI is InChI=1S/C15H29N3/c1-4-15(17,13-16)8-6-11-18-10-5-7-14(2,3)9-12-18/h4-12,17H2,1-3H3. The van der Waals surface area contributed by atoms with Gasteiger partial charge in [-0.25, -0.2) is 0 Å². The van der Waals surface area contributed by atoms with Gasteiger partial charge in [0, 0.05) is 0 Å². The van der Waals surface area contributed by atoms with E-state index < -0.39 is 5.54 Å². The molecule has 2 N–H and O–H groups in total. The van der Waals surface area contributed by atoms with Gasteiger partial charge in [-0.1, -0.05) is 20.8 Å². The minimum Gasteiger partial charge on any atom is -0.313 e. The number of rotatable bonds is 5. The molecule has 0 saturated carbocycles. The molecule has 104 valence electrons. The van der Waals surface area contributed by atoms with Gasteiger partial charge in [0.15, 0.2) is 0 Å². The first-order valence-corrected chi connectivity index (χ1v) is 7.33. The van der Waals surface area contributed by atoms with Crippen LogP contribution in [0.4, 0.5) is 0 Å². The molecular formula is C15H29N3. The Labute approximate surface area is 112 Å². The molecule has 0 bridgehead atoms. The van der Waals surface area contributed by atoms with Crippen LogP contribution in [0.2, 0.25) is 0 Å². The van der Waals surface area contributed by atoms with E-state index in [9.17, 15) is 0 Å². The average molecular weight is 251 g/mol. The van der Waals surface area contributed by atoms with Gasteiger partial charge in [-0.05, 0) is 63.6 Å². The summed E-state index contributed by atoms with van der Waals surface area (Å²) in [5.41, 5.74) is 5.90. The SMILES string of the molecule is CCC(N)(C#N)CCCN1CCCC(C)(C)CC1. The predicted molar refractivity (Wildman–Crippen MR) is 76.1 cm³/mol. The molecule has 0 aromatic heterocycles. The quantitative estimate of drug-likeness (QED) is 0.817. The van der Waals surface area contributed by atoms with E-state index in [0.29, 0.717) is 5.41 Å². The van der Waals surface area contributed by atoms with Crippen molar-refractivity contribution in [1.82, 2.24) is 4.90 Å². The monoisotopic (exact) mass is 251 g/mol. The molecule has 1 aliphatic rings. The van der Waals surface area contributed by atoms with Crippen LogP contribution in [0.3, 0.4) is 0 Å². The zero-order chi connectivity index (χ0) is 13.6. The van der Waals surface area contributed by atoms with E-state index in [0.717, 1.165) is 25.8 Å². The number of hydrogen-bond donors (Lipinski definition) is 1. The second-order valence-electron chi connectivity index (χ2n) is 6.58. The average Bonchev–Trinajstić information content (AvgIpc) is 2.51. The topological polar surface area (TPSA) is 53.1 Å². The first-order valence-electron chi connectivity index (χ1n) is 7.33. The number of nitrogens with two attached hydrogens (primary N) is 1. The minimum atomic E-state index is -0.606. The fourth-order valence-electron chi connectivity index (χ4n) is 2.63. The second kappa shape index (κ2) is 6.54. The molecule has 0 spiro atoms. The predicted octanol–water partition coefficient (Wildman–Crippen LogP) is 2.91. The largest absolute Gasteiger partial charge is 0.313 e. The maximum Gasteiger partial charge on any atom is 0.104 e. The van der Waals surface area contributed by atoms with E-state index in [4.69, 9.17) is 11.0 Å². The van der Waals surface area contributed by atoms with Gasteiger partial charge < -0.3 is 10.6 Å². The summed E-state index contributed by atoms with van der Waals surface area (Å²) in [5, 5.41) is 9.05. The molecule has 0 radical (unpaired) electrons. The number of likely N-dealkylation sites (tertiary alicyclic amines) is 1. The van der Waals surface area contributed by atoms with Gasteiger partial charge in [0.05, 0.1) is 6.07 Å². The minimum absolute atomic E-state index is 0.502. The Kier molecular flexibility index (Phi) is 5.62. The molecule has 18 heavy (non-hydrogen) atoms. The van der Waals surface area contributed by atoms with Crippen molar-refractivity contribution in [3.05, 3.63) is 0 Å². The van der Waals surface area contributed by atoms with Crippen LogP contribution in [0.15, 0.2) is 0 Å². The summed E-state index contributed by atoms with van der Waals surface area (Å²) in [5.74, 6) is 0. The van der Waals surface area contributed by atoms with Crippen molar-refractivity contribution >= 4 is 0 Å². The van der Waals surface area contributed by atoms with Gasteiger partial charge in [0.25, 0.3) is 0 Å². The fraction of sp³-hybridized carbons (Fsp3) is 0.933. The highest BCUT2D eigenvalue weighted by Gasteiger charge is 2.24. The van der Waals surface area contributed by atoms with Crippen LogP contribution in [0.5, 0.6) is 0 Å². The lowest BCUT2D eigenvalue weighted by molar-refractivity contribution is 0.252. The Morgan fingerprint density at radius 1 is 1.33 bits per heavy atom. The van der Waals surface area contributed by atoms with Crippen LogP contribution >= 0.6 is 0 Å². The number of nitrogens with zero attached hydrogens (tertiary/aromatic N) is 2. The summed E-state index contributed by atoms with van der Waals surface area (Å²) in [6, 6.07) is 2.25. The second-order valence-corrected chi connectivity index (χ2v) is 6.58. The molecule has 1 heterocycles. The first kappa shape index (κ1) is 15.5. The van der Waals surface area contributed by atoms with E-state index in [1.807, 2.05) is 6.92 Å². The van der Waals surface area contributed by atoms with E-state index in [1.165, 1.54) is 32.4 Å². The Morgan fingerprint density at radius 3 is 2.67 bits per heavy atom. The molecule has 1 atom stereocenters. The van der Waals surface area contributed by atoms with Crippen molar-refractivity contribution in [3.8, 4) is 6.07 Å². The molecule has 0 amide bonds. The molecule has 1 unspecified atom stereocenters. The van der Waals surface area contributed by atoms with Crippen LogP contribution < -0.4 is 5.73 Å². The van der Waals surface area contributed by atoms with Crippen molar-refractivity contribution in [2.75, 3.05) is 19.6 Å². The molecule has 0 aliphatic carbocycles. The lowest BCUT2D eigenvalue weighted by Crippen LogP contribution is -2.38. The van der Waals surface area contributed by atoms with Crippen LogP contribution in [0.25, 0.3) is 0 Å². The fourth-order valence-corrected chi connectivity index (χ4v) is 2.63. The first-order chi connectivity index (χ1) is 8.41. The van der Waals surface area contributed by atoms with Gasteiger partial charge in [0.2, 0.25) is 0 Å². The molecule has 0 aromatic carbocycles. The molecule has 0 aromatic rings. The Morgan fingerprint density at radius 2 is 2.06 bits per heavy atom. The Bertz CT molecular complexity index is 293. The van der Waals surface area contributed by atoms with Crippen LogP contribution in [-0.2, 0) is 0 Å². The van der Waals surface area contributed by atoms with Crippen LogP contribution in [0, 0.1) is 16.7 Å². The number of nitriles is 1. The third kappa shape index (κ3) is 4.96. The third-order valence-electron chi connectivity index (χ3n) is 4.38. The molecule has 3 heteroatoms. The van der Waals surface area contributed by atoms with Crippen LogP contribution in [-0.4, -0.2) is 30.1 Å². The molecule has 1 rings (SSSR count).